The molecule has 96 valence electrons. The first kappa shape index (κ1) is 15.9. The summed E-state index contributed by atoms with van der Waals surface area (Å²) >= 11 is 5.76. The molecule has 1 rings (SSSR count). The maximum atomic E-state index is 11.6. The molecule has 0 aliphatic carbocycles. The van der Waals surface area contributed by atoms with Crippen LogP contribution >= 0.6 is 11.6 Å². The third kappa shape index (κ3) is 4.02. The molecule has 3 nitrogen and oxygen atoms in total. The lowest BCUT2D eigenvalue weighted by Gasteiger charge is -2.15. The van der Waals surface area contributed by atoms with E-state index in [2.05, 4.69) is 19.2 Å². The second-order valence-electron chi connectivity index (χ2n) is 3.76. The summed E-state index contributed by atoms with van der Waals surface area (Å²) in [4.78, 5) is 11.6. The fourth-order valence-electron chi connectivity index (χ4n) is 1.63. The van der Waals surface area contributed by atoms with Crippen LogP contribution in [0.15, 0.2) is 18.2 Å². The van der Waals surface area contributed by atoms with Crippen LogP contribution in [0.5, 0.6) is 0 Å². The molecule has 0 spiro atoms. The molecule has 1 unspecified atom stereocenters. The average Bonchev–Trinajstić information content (AvgIpc) is 2.29. The van der Waals surface area contributed by atoms with Crippen LogP contribution in [0.1, 0.15) is 31.9 Å². The predicted octanol–water partition coefficient (Wildman–Crippen LogP) is 2.55. The van der Waals surface area contributed by atoms with Gasteiger partial charge < -0.3 is 10.8 Å². The zero-order chi connectivity index (χ0) is 12.1. The molecule has 0 aliphatic heterocycles. The minimum atomic E-state index is -0.505. The number of alkyl halides is 1. The number of aryl methyl sites for hydroxylation is 2. The van der Waals surface area contributed by atoms with Gasteiger partial charge in [0.15, 0.2) is 0 Å². The van der Waals surface area contributed by atoms with Crippen molar-refractivity contribution in [2.24, 2.45) is 0 Å². The summed E-state index contributed by atoms with van der Waals surface area (Å²) in [6.45, 7) is 5.83. The fourth-order valence-corrected chi connectivity index (χ4v) is 1.68. The van der Waals surface area contributed by atoms with Crippen molar-refractivity contribution in [2.45, 2.75) is 39.0 Å². The zero-order valence-electron chi connectivity index (χ0n) is 10.5. The lowest BCUT2D eigenvalue weighted by Crippen LogP contribution is -2.22. The summed E-state index contributed by atoms with van der Waals surface area (Å²) < 4.78 is 0. The number of hydrogen-bond acceptors (Lipinski definition) is 1. The fraction of sp³-hybridized carbons (Fsp3) is 0.462. The number of nitrogens with one attached hydrogen (secondary N) is 1. The van der Waals surface area contributed by atoms with Crippen molar-refractivity contribution < 1.29 is 10.3 Å². The molecule has 0 heterocycles. The third-order valence-electron chi connectivity index (χ3n) is 2.61. The summed E-state index contributed by atoms with van der Waals surface area (Å²) in [6, 6.07) is 6.10. The number of carbonyl (C=O) groups is 1. The van der Waals surface area contributed by atoms with E-state index in [-0.39, 0.29) is 11.4 Å². The number of amides is 1. The first-order chi connectivity index (χ1) is 7.60. The van der Waals surface area contributed by atoms with Crippen molar-refractivity contribution in [3.8, 4) is 0 Å². The molecule has 4 heteroatoms. The van der Waals surface area contributed by atoms with Gasteiger partial charge in [-0.25, -0.2) is 0 Å². The largest absolute Gasteiger partial charge is 0.412 e. The molecule has 0 radical (unpaired) electrons. The van der Waals surface area contributed by atoms with Crippen molar-refractivity contribution in [3.05, 3.63) is 29.3 Å². The summed E-state index contributed by atoms with van der Waals surface area (Å²) in [6.07, 6.45) is 1.81. The van der Waals surface area contributed by atoms with Gasteiger partial charge in [-0.2, -0.15) is 0 Å². The van der Waals surface area contributed by atoms with Gasteiger partial charge in [0.2, 0.25) is 5.91 Å². The number of para-hydroxylation sites is 1. The highest BCUT2D eigenvalue weighted by Gasteiger charge is 2.13. The molecule has 0 saturated heterocycles. The molecule has 17 heavy (non-hydrogen) atoms. The Morgan fingerprint density at radius 1 is 1.29 bits per heavy atom. The summed E-state index contributed by atoms with van der Waals surface area (Å²) in [7, 11) is 0. The van der Waals surface area contributed by atoms with Crippen LogP contribution in [-0.2, 0) is 17.6 Å². The van der Waals surface area contributed by atoms with Crippen molar-refractivity contribution in [3.63, 3.8) is 0 Å². The topological polar surface area (TPSA) is 60.6 Å². The summed E-state index contributed by atoms with van der Waals surface area (Å²) in [5, 5.41) is 2.40. The van der Waals surface area contributed by atoms with E-state index in [4.69, 9.17) is 11.6 Å². The highest BCUT2D eigenvalue weighted by molar-refractivity contribution is 6.32. The Hall–Kier alpha value is -1.06. The number of anilines is 1. The second-order valence-corrected chi connectivity index (χ2v) is 4.42. The van der Waals surface area contributed by atoms with E-state index in [1.54, 1.807) is 6.92 Å². The monoisotopic (exact) mass is 257 g/mol. The van der Waals surface area contributed by atoms with Crippen LogP contribution in [0.2, 0.25) is 0 Å². The quantitative estimate of drug-likeness (QED) is 0.828. The molecule has 1 amide bonds. The van der Waals surface area contributed by atoms with E-state index < -0.39 is 5.38 Å². The maximum Gasteiger partial charge on any atom is 0.242 e. The highest BCUT2D eigenvalue weighted by atomic mass is 35.5. The predicted molar refractivity (Wildman–Crippen MR) is 72.8 cm³/mol. The smallest absolute Gasteiger partial charge is 0.242 e. The number of hydrogen-bond donors (Lipinski definition) is 1. The lowest BCUT2D eigenvalue weighted by atomic mass is 10.0. The number of halogens is 1. The van der Waals surface area contributed by atoms with Gasteiger partial charge in [0.05, 0.1) is 0 Å². The summed E-state index contributed by atoms with van der Waals surface area (Å²) in [5.41, 5.74) is 3.25. The van der Waals surface area contributed by atoms with Crippen molar-refractivity contribution in [2.75, 3.05) is 5.32 Å². The molecule has 0 saturated carbocycles. The van der Waals surface area contributed by atoms with E-state index in [1.807, 2.05) is 18.2 Å². The van der Waals surface area contributed by atoms with E-state index in [0.717, 1.165) is 29.7 Å². The number of rotatable bonds is 4. The van der Waals surface area contributed by atoms with Crippen LogP contribution in [0.4, 0.5) is 5.69 Å². The normalized spacial score (nSPS) is 11.5. The van der Waals surface area contributed by atoms with Crippen molar-refractivity contribution in [1.82, 2.24) is 0 Å². The van der Waals surface area contributed by atoms with E-state index >= 15 is 0 Å². The van der Waals surface area contributed by atoms with Crippen molar-refractivity contribution >= 4 is 23.2 Å². The SMILES string of the molecule is CCc1cccc(CC)c1NC(=O)C(C)Cl.O. The Kier molecular flexibility index (Phi) is 6.85. The number of carbonyl (C=O) groups excluding carboxylic acids is 1. The third-order valence-corrected chi connectivity index (χ3v) is 2.81. The van der Waals surface area contributed by atoms with Crippen LogP contribution in [-0.4, -0.2) is 16.8 Å². The van der Waals surface area contributed by atoms with Gasteiger partial charge >= 0.3 is 0 Å². The van der Waals surface area contributed by atoms with E-state index in [1.165, 1.54) is 0 Å². The molecule has 3 N–H and O–H groups in total. The average molecular weight is 258 g/mol. The Labute approximate surface area is 107 Å². The Morgan fingerprint density at radius 3 is 2.12 bits per heavy atom. The molecule has 0 aliphatic rings. The lowest BCUT2D eigenvalue weighted by molar-refractivity contribution is -0.115. The van der Waals surface area contributed by atoms with Gasteiger partial charge in [-0.3, -0.25) is 4.79 Å². The van der Waals surface area contributed by atoms with Gasteiger partial charge in [0, 0.05) is 5.69 Å². The molecule has 0 fully saturated rings. The van der Waals surface area contributed by atoms with Gasteiger partial charge in [-0.05, 0) is 30.9 Å². The molecule has 0 aromatic heterocycles. The minimum absolute atomic E-state index is 0. The Balaban J connectivity index is 0.00000256. The molecular formula is C13H20ClNO2. The van der Waals surface area contributed by atoms with Crippen LogP contribution in [0.3, 0.4) is 0 Å². The molecule has 1 aromatic carbocycles. The zero-order valence-corrected chi connectivity index (χ0v) is 11.3. The minimum Gasteiger partial charge on any atom is -0.412 e. The molecule has 0 bridgehead atoms. The Bertz CT molecular complexity index is 355. The van der Waals surface area contributed by atoms with Crippen LogP contribution < -0.4 is 5.32 Å². The summed E-state index contributed by atoms with van der Waals surface area (Å²) in [5.74, 6) is -0.141. The van der Waals surface area contributed by atoms with Crippen LogP contribution in [0, 0.1) is 0 Å². The van der Waals surface area contributed by atoms with Gasteiger partial charge in [0.1, 0.15) is 5.38 Å². The molecular weight excluding hydrogens is 238 g/mol. The first-order valence-electron chi connectivity index (χ1n) is 5.65. The Morgan fingerprint density at radius 2 is 1.76 bits per heavy atom. The molecule has 1 atom stereocenters. The first-order valence-corrected chi connectivity index (χ1v) is 6.09. The maximum absolute atomic E-state index is 11.6. The van der Waals surface area contributed by atoms with Gasteiger partial charge in [-0.1, -0.05) is 32.0 Å². The highest BCUT2D eigenvalue weighted by Crippen LogP contribution is 2.23. The number of benzene rings is 1. The molecule has 1 aromatic rings. The van der Waals surface area contributed by atoms with E-state index in [0.29, 0.717) is 0 Å². The standard InChI is InChI=1S/C13H18ClNO.H2O/c1-4-10-7-6-8-11(5-2)12(10)15-13(16)9(3)14;/h6-9H,4-5H2,1-3H3,(H,15,16);1H2. The second kappa shape index (κ2) is 7.30. The van der Waals surface area contributed by atoms with Gasteiger partial charge in [0.25, 0.3) is 0 Å². The van der Waals surface area contributed by atoms with E-state index in [9.17, 15) is 4.79 Å². The van der Waals surface area contributed by atoms with Gasteiger partial charge in [-0.15, -0.1) is 11.6 Å². The van der Waals surface area contributed by atoms with Crippen LogP contribution in [0.25, 0.3) is 0 Å². The van der Waals surface area contributed by atoms with Crippen molar-refractivity contribution in [1.29, 1.82) is 0 Å².